The molecule has 2 nitrogen and oxygen atoms in total. The summed E-state index contributed by atoms with van der Waals surface area (Å²) in [5.74, 6) is 0. The molecule has 4 heteroatoms. The Morgan fingerprint density at radius 2 is 2.11 bits per heavy atom. The van der Waals surface area contributed by atoms with Crippen LogP contribution in [0, 0.1) is 12.3 Å². The van der Waals surface area contributed by atoms with Crippen LogP contribution in [-0.2, 0) is 6.54 Å². The van der Waals surface area contributed by atoms with Gasteiger partial charge in [0.25, 0.3) is 0 Å². The van der Waals surface area contributed by atoms with Gasteiger partial charge in [0.05, 0.1) is 0 Å². The molecular weight excluding hydrogens is 279 g/mol. The molecule has 1 saturated heterocycles. The molecule has 1 atom stereocenters. The highest BCUT2D eigenvalue weighted by Gasteiger charge is 2.33. The van der Waals surface area contributed by atoms with Crippen LogP contribution in [0.5, 0.6) is 0 Å². The summed E-state index contributed by atoms with van der Waals surface area (Å²) >= 11 is 5.99. The van der Waals surface area contributed by atoms with Gasteiger partial charge in [-0.2, -0.15) is 0 Å². The lowest BCUT2D eigenvalue weighted by Gasteiger charge is -2.42. The molecule has 0 radical (unpaired) electrons. The van der Waals surface area contributed by atoms with Gasteiger partial charge >= 0.3 is 0 Å². The van der Waals surface area contributed by atoms with E-state index in [4.69, 9.17) is 17.3 Å². The maximum Gasteiger partial charge on any atom is 0.0408 e. The van der Waals surface area contributed by atoms with Crippen LogP contribution in [0.2, 0.25) is 5.02 Å². The lowest BCUT2D eigenvalue weighted by atomic mass is 9.79. The van der Waals surface area contributed by atoms with Crippen molar-refractivity contribution in [3.8, 4) is 0 Å². The van der Waals surface area contributed by atoms with Crippen LogP contribution >= 0.6 is 24.0 Å². The summed E-state index contributed by atoms with van der Waals surface area (Å²) in [6.45, 7) is 9.81. The van der Waals surface area contributed by atoms with Gasteiger partial charge in [0.1, 0.15) is 0 Å². The maximum atomic E-state index is 6.17. The van der Waals surface area contributed by atoms with E-state index in [1.807, 2.05) is 12.1 Å². The average Bonchev–Trinajstić information content (AvgIpc) is 2.27. The molecule has 1 aliphatic rings. The Morgan fingerprint density at radius 3 is 2.68 bits per heavy atom. The molecule has 0 saturated carbocycles. The molecule has 2 rings (SSSR count). The molecule has 1 heterocycles. The van der Waals surface area contributed by atoms with Gasteiger partial charge in [0.2, 0.25) is 0 Å². The minimum Gasteiger partial charge on any atom is -0.327 e. The molecule has 1 aromatic rings. The molecule has 108 valence electrons. The van der Waals surface area contributed by atoms with E-state index in [2.05, 4.69) is 31.7 Å². The van der Waals surface area contributed by atoms with Gasteiger partial charge in [-0.25, -0.2) is 0 Å². The second-order valence-electron chi connectivity index (χ2n) is 6.17. The second-order valence-corrected chi connectivity index (χ2v) is 6.60. The van der Waals surface area contributed by atoms with Crippen molar-refractivity contribution in [2.75, 3.05) is 13.1 Å². The Morgan fingerprint density at radius 1 is 1.42 bits per heavy atom. The third-order valence-electron chi connectivity index (χ3n) is 4.09. The number of nitrogens with zero attached hydrogens (tertiary/aromatic N) is 1. The molecule has 2 N–H and O–H groups in total. The molecule has 1 aliphatic heterocycles. The molecule has 0 aliphatic carbocycles. The summed E-state index contributed by atoms with van der Waals surface area (Å²) in [4.78, 5) is 2.50. The van der Waals surface area contributed by atoms with Crippen molar-refractivity contribution in [2.24, 2.45) is 11.1 Å². The quantitative estimate of drug-likeness (QED) is 0.904. The van der Waals surface area contributed by atoms with E-state index < -0.39 is 0 Å². The van der Waals surface area contributed by atoms with Gasteiger partial charge in [0.15, 0.2) is 0 Å². The van der Waals surface area contributed by atoms with Gasteiger partial charge < -0.3 is 5.73 Å². The van der Waals surface area contributed by atoms with Crippen molar-refractivity contribution in [2.45, 2.75) is 39.8 Å². The number of halogens is 2. The highest BCUT2D eigenvalue weighted by atomic mass is 35.5. The van der Waals surface area contributed by atoms with Crippen molar-refractivity contribution in [3.63, 3.8) is 0 Å². The molecular formula is C15H24Cl2N2. The zero-order chi connectivity index (χ0) is 13.3. The average molecular weight is 303 g/mol. The minimum absolute atomic E-state index is 0. The number of nitrogens with two attached hydrogens (primary N) is 1. The van der Waals surface area contributed by atoms with E-state index in [1.54, 1.807) is 0 Å². The van der Waals surface area contributed by atoms with Crippen LogP contribution in [0.1, 0.15) is 31.4 Å². The topological polar surface area (TPSA) is 29.3 Å². The SMILES string of the molecule is Cc1cc(Cl)ccc1CN1CCC(N)C(C)(C)C1.Cl. The van der Waals surface area contributed by atoms with E-state index in [-0.39, 0.29) is 17.8 Å². The first-order chi connectivity index (χ1) is 8.38. The summed E-state index contributed by atoms with van der Waals surface area (Å²) in [5.41, 5.74) is 9.02. The van der Waals surface area contributed by atoms with Crippen molar-refractivity contribution < 1.29 is 0 Å². The number of hydrogen-bond donors (Lipinski definition) is 1. The van der Waals surface area contributed by atoms with Gasteiger partial charge in [0, 0.05) is 30.7 Å². The smallest absolute Gasteiger partial charge is 0.0408 e. The summed E-state index contributed by atoms with van der Waals surface area (Å²) in [6, 6.07) is 6.47. The number of hydrogen-bond acceptors (Lipinski definition) is 2. The fourth-order valence-electron chi connectivity index (χ4n) is 2.70. The van der Waals surface area contributed by atoms with E-state index in [0.29, 0.717) is 6.04 Å². The Kier molecular flexibility index (Phi) is 5.69. The largest absolute Gasteiger partial charge is 0.327 e. The summed E-state index contributed by atoms with van der Waals surface area (Å²) in [5, 5.41) is 0.817. The standard InChI is InChI=1S/C15H23ClN2.ClH/c1-11-8-13(16)5-4-12(11)9-18-7-6-14(17)15(2,3)10-18;/h4-5,8,14H,6-7,9-10,17H2,1-3H3;1H. The fourth-order valence-corrected chi connectivity index (χ4v) is 2.92. The highest BCUT2D eigenvalue weighted by molar-refractivity contribution is 6.30. The van der Waals surface area contributed by atoms with Crippen molar-refractivity contribution in [1.82, 2.24) is 4.90 Å². The number of piperidine rings is 1. The first kappa shape index (κ1) is 16.8. The molecule has 0 spiro atoms. The summed E-state index contributed by atoms with van der Waals surface area (Å²) in [7, 11) is 0. The van der Waals surface area contributed by atoms with Gasteiger partial charge in [-0.1, -0.05) is 31.5 Å². The van der Waals surface area contributed by atoms with Crippen molar-refractivity contribution in [3.05, 3.63) is 34.3 Å². The molecule has 1 unspecified atom stereocenters. The van der Waals surface area contributed by atoms with E-state index in [1.165, 1.54) is 11.1 Å². The van der Waals surface area contributed by atoms with Gasteiger partial charge in [-0.3, -0.25) is 4.90 Å². The predicted molar refractivity (Wildman–Crippen MR) is 85.1 cm³/mol. The number of aryl methyl sites for hydroxylation is 1. The van der Waals surface area contributed by atoms with Crippen LogP contribution in [0.25, 0.3) is 0 Å². The summed E-state index contributed by atoms with van der Waals surface area (Å²) < 4.78 is 0. The zero-order valence-corrected chi connectivity index (χ0v) is 13.5. The highest BCUT2D eigenvalue weighted by Crippen LogP contribution is 2.29. The van der Waals surface area contributed by atoms with E-state index in [0.717, 1.165) is 31.1 Å². The van der Waals surface area contributed by atoms with E-state index >= 15 is 0 Å². The first-order valence-electron chi connectivity index (χ1n) is 6.61. The number of rotatable bonds is 2. The normalized spacial score (nSPS) is 22.9. The summed E-state index contributed by atoms with van der Waals surface area (Å²) in [6.07, 6.45) is 1.08. The number of benzene rings is 1. The van der Waals surface area contributed by atoms with Gasteiger partial charge in [-0.15, -0.1) is 12.4 Å². The van der Waals surface area contributed by atoms with Crippen LogP contribution < -0.4 is 5.73 Å². The Bertz CT molecular complexity index is 432. The van der Waals surface area contributed by atoms with Crippen LogP contribution in [0.15, 0.2) is 18.2 Å². The Balaban J connectivity index is 0.00000180. The maximum absolute atomic E-state index is 6.17. The monoisotopic (exact) mass is 302 g/mol. The Labute approximate surface area is 127 Å². The Hall–Kier alpha value is -0.280. The van der Waals surface area contributed by atoms with E-state index in [9.17, 15) is 0 Å². The molecule has 1 fully saturated rings. The molecule has 19 heavy (non-hydrogen) atoms. The number of likely N-dealkylation sites (tertiary alicyclic amines) is 1. The zero-order valence-electron chi connectivity index (χ0n) is 11.9. The molecule has 0 bridgehead atoms. The molecule has 1 aromatic carbocycles. The minimum atomic E-state index is 0. The third-order valence-corrected chi connectivity index (χ3v) is 4.32. The predicted octanol–water partition coefficient (Wildman–Crippen LogP) is 3.63. The fraction of sp³-hybridized carbons (Fsp3) is 0.600. The van der Waals surface area contributed by atoms with Crippen molar-refractivity contribution >= 4 is 24.0 Å². The molecule has 0 aromatic heterocycles. The third kappa shape index (κ3) is 4.09. The lowest BCUT2D eigenvalue weighted by Crippen LogP contribution is -2.52. The van der Waals surface area contributed by atoms with Crippen LogP contribution in [0.3, 0.4) is 0 Å². The first-order valence-corrected chi connectivity index (χ1v) is 6.99. The second kappa shape index (κ2) is 6.45. The van der Waals surface area contributed by atoms with Gasteiger partial charge in [-0.05, 0) is 42.0 Å². The van der Waals surface area contributed by atoms with Crippen molar-refractivity contribution in [1.29, 1.82) is 0 Å². The lowest BCUT2D eigenvalue weighted by molar-refractivity contribution is 0.0897. The van der Waals surface area contributed by atoms with Crippen LogP contribution in [-0.4, -0.2) is 24.0 Å². The molecule has 0 amide bonds. The van der Waals surface area contributed by atoms with Crippen LogP contribution in [0.4, 0.5) is 0 Å².